The van der Waals surface area contributed by atoms with Crippen LogP contribution in [0.2, 0.25) is 5.02 Å². The zero-order valence-electron chi connectivity index (χ0n) is 15.5. The van der Waals surface area contributed by atoms with E-state index in [9.17, 15) is 9.59 Å². The lowest BCUT2D eigenvalue weighted by molar-refractivity contribution is -0.115. The summed E-state index contributed by atoms with van der Waals surface area (Å²) in [6.07, 6.45) is -0.0440. The number of halogens is 1. The lowest BCUT2D eigenvalue weighted by atomic mass is 10.2. The zero-order chi connectivity index (χ0) is 20.4. The van der Waals surface area contributed by atoms with Crippen LogP contribution in [0.1, 0.15) is 11.3 Å². The van der Waals surface area contributed by atoms with Gasteiger partial charge in [0, 0.05) is 32.9 Å². The molecule has 6 nitrogen and oxygen atoms in total. The molecule has 0 spiro atoms. The minimum Gasteiger partial charge on any atom is -0.326 e. The van der Waals surface area contributed by atoms with Crippen molar-refractivity contribution in [2.45, 2.75) is 13.3 Å². The molecule has 0 aliphatic rings. The van der Waals surface area contributed by atoms with E-state index in [-0.39, 0.29) is 17.9 Å². The molecule has 1 amide bonds. The summed E-state index contributed by atoms with van der Waals surface area (Å²) in [5.41, 5.74) is 3.12. The van der Waals surface area contributed by atoms with Crippen LogP contribution in [0.25, 0.3) is 16.4 Å². The Hall–Kier alpha value is -3.16. The highest BCUT2D eigenvalue weighted by atomic mass is 35.5. The molecule has 2 aromatic carbocycles. The summed E-state index contributed by atoms with van der Waals surface area (Å²) in [7, 11) is 0. The van der Waals surface area contributed by atoms with E-state index < -0.39 is 0 Å². The molecule has 4 aromatic rings. The highest BCUT2D eigenvalue weighted by Crippen LogP contribution is 2.23. The number of H-pyrrole nitrogens is 1. The van der Waals surface area contributed by atoms with Gasteiger partial charge in [-0.25, -0.2) is 4.98 Å². The standard InChI is InChI=1S/C21H17ClN4O2S/c1-13-17(11-19(27)23-16-9-5-8-15(22)10-16)20(28)26(25-13)21-24-18(12-29-21)14-6-3-2-4-7-14/h2-10,12,25H,11H2,1H3,(H,23,27). The Labute approximate surface area is 175 Å². The van der Waals surface area contributed by atoms with E-state index in [2.05, 4.69) is 15.4 Å². The molecule has 0 saturated heterocycles. The maximum atomic E-state index is 12.9. The first kappa shape index (κ1) is 19.2. The van der Waals surface area contributed by atoms with Gasteiger partial charge in [0.05, 0.1) is 12.1 Å². The monoisotopic (exact) mass is 424 g/mol. The maximum absolute atomic E-state index is 12.9. The summed E-state index contributed by atoms with van der Waals surface area (Å²) in [6, 6.07) is 16.6. The van der Waals surface area contributed by atoms with Crippen LogP contribution in [0, 0.1) is 6.92 Å². The number of rotatable bonds is 5. The van der Waals surface area contributed by atoms with Crippen molar-refractivity contribution < 1.29 is 4.79 Å². The van der Waals surface area contributed by atoms with Gasteiger partial charge in [-0.2, -0.15) is 4.68 Å². The number of aryl methyl sites for hydroxylation is 1. The normalized spacial score (nSPS) is 10.8. The summed E-state index contributed by atoms with van der Waals surface area (Å²) in [5, 5.41) is 8.74. The Kier molecular flexibility index (Phi) is 5.33. The summed E-state index contributed by atoms with van der Waals surface area (Å²) in [5.74, 6) is -0.289. The van der Waals surface area contributed by atoms with Crippen molar-refractivity contribution in [1.29, 1.82) is 0 Å². The van der Waals surface area contributed by atoms with Gasteiger partial charge >= 0.3 is 0 Å². The van der Waals surface area contributed by atoms with Crippen LogP contribution in [0.4, 0.5) is 5.69 Å². The molecule has 0 bridgehead atoms. The van der Waals surface area contributed by atoms with E-state index in [4.69, 9.17) is 11.6 Å². The van der Waals surface area contributed by atoms with Crippen molar-refractivity contribution in [1.82, 2.24) is 14.8 Å². The van der Waals surface area contributed by atoms with Crippen molar-refractivity contribution in [3.63, 3.8) is 0 Å². The van der Waals surface area contributed by atoms with Crippen LogP contribution >= 0.6 is 22.9 Å². The molecular weight excluding hydrogens is 408 g/mol. The molecule has 0 unspecified atom stereocenters. The largest absolute Gasteiger partial charge is 0.326 e. The van der Waals surface area contributed by atoms with Crippen LogP contribution < -0.4 is 10.9 Å². The molecule has 0 aliphatic heterocycles. The number of nitrogens with one attached hydrogen (secondary N) is 2. The molecule has 29 heavy (non-hydrogen) atoms. The van der Waals surface area contributed by atoms with Crippen LogP contribution in [-0.4, -0.2) is 20.7 Å². The Morgan fingerprint density at radius 3 is 2.76 bits per heavy atom. The first-order chi connectivity index (χ1) is 14.0. The maximum Gasteiger partial charge on any atom is 0.277 e. The fraction of sp³-hybridized carbons (Fsp3) is 0.0952. The number of hydrogen-bond donors (Lipinski definition) is 2. The zero-order valence-corrected chi connectivity index (χ0v) is 17.1. The first-order valence-corrected chi connectivity index (χ1v) is 10.1. The highest BCUT2D eigenvalue weighted by molar-refractivity contribution is 7.12. The van der Waals surface area contributed by atoms with E-state index in [1.165, 1.54) is 16.0 Å². The minimum absolute atomic E-state index is 0.0440. The second-order valence-corrected chi connectivity index (χ2v) is 7.75. The molecule has 2 N–H and O–H groups in total. The number of amides is 1. The Morgan fingerprint density at radius 1 is 1.21 bits per heavy atom. The number of benzene rings is 2. The van der Waals surface area contributed by atoms with Gasteiger partial charge in [0.25, 0.3) is 5.56 Å². The number of hydrogen-bond acceptors (Lipinski definition) is 4. The molecule has 0 saturated carbocycles. The van der Waals surface area contributed by atoms with Crippen LogP contribution in [0.15, 0.2) is 64.8 Å². The quantitative estimate of drug-likeness (QED) is 0.497. The van der Waals surface area contributed by atoms with Crippen molar-refractivity contribution >= 4 is 34.5 Å². The summed E-state index contributed by atoms with van der Waals surface area (Å²) in [6.45, 7) is 1.77. The molecule has 0 atom stereocenters. The van der Waals surface area contributed by atoms with Gasteiger partial charge in [-0.3, -0.25) is 14.7 Å². The fourth-order valence-corrected chi connectivity index (χ4v) is 3.95. The third-order valence-electron chi connectivity index (χ3n) is 4.39. The van der Waals surface area contributed by atoms with Crippen LogP contribution in [-0.2, 0) is 11.2 Å². The molecule has 0 radical (unpaired) electrons. The van der Waals surface area contributed by atoms with E-state index >= 15 is 0 Å². The van der Waals surface area contributed by atoms with Gasteiger partial charge in [0.2, 0.25) is 11.0 Å². The third-order valence-corrected chi connectivity index (χ3v) is 5.45. The number of carbonyl (C=O) groups excluding carboxylic acids is 1. The van der Waals surface area contributed by atoms with Gasteiger partial charge in [0.1, 0.15) is 0 Å². The van der Waals surface area contributed by atoms with Gasteiger partial charge in [-0.15, -0.1) is 11.3 Å². The number of aromatic amines is 1. The molecule has 0 fully saturated rings. The number of anilines is 1. The number of thiazole rings is 1. The van der Waals surface area contributed by atoms with Gasteiger partial charge in [-0.1, -0.05) is 48.0 Å². The smallest absolute Gasteiger partial charge is 0.277 e. The summed E-state index contributed by atoms with van der Waals surface area (Å²) < 4.78 is 1.38. The molecular formula is C21H17ClN4O2S. The molecule has 2 heterocycles. The van der Waals surface area contributed by atoms with E-state index in [0.717, 1.165) is 11.3 Å². The van der Waals surface area contributed by atoms with Crippen LogP contribution in [0.3, 0.4) is 0 Å². The van der Waals surface area contributed by atoms with Gasteiger partial charge in [-0.05, 0) is 25.1 Å². The predicted molar refractivity (Wildman–Crippen MR) is 116 cm³/mol. The van der Waals surface area contributed by atoms with Gasteiger partial charge < -0.3 is 5.32 Å². The average Bonchev–Trinajstić information content (AvgIpc) is 3.29. The predicted octanol–water partition coefficient (Wildman–Crippen LogP) is 4.43. The van der Waals surface area contributed by atoms with Crippen molar-refractivity contribution in [2.75, 3.05) is 5.32 Å². The second kappa shape index (κ2) is 8.06. The topological polar surface area (TPSA) is 79.8 Å². The molecule has 146 valence electrons. The highest BCUT2D eigenvalue weighted by Gasteiger charge is 2.18. The summed E-state index contributed by atoms with van der Waals surface area (Å²) >= 11 is 7.30. The number of carbonyl (C=O) groups is 1. The molecule has 0 aliphatic carbocycles. The first-order valence-electron chi connectivity index (χ1n) is 8.88. The summed E-state index contributed by atoms with van der Waals surface area (Å²) in [4.78, 5) is 29.8. The van der Waals surface area contributed by atoms with Crippen molar-refractivity contribution in [3.05, 3.63) is 86.6 Å². The van der Waals surface area contributed by atoms with Crippen LogP contribution in [0.5, 0.6) is 0 Å². The lowest BCUT2D eigenvalue weighted by Crippen LogP contribution is -2.22. The van der Waals surface area contributed by atoms with E-state index in [1.807, 2.05) is 35.7 Å². The van der Waals surface area contributed by atoms with E-state index in [1.54, 1.807) is 31.2 Å². The average molecular weight is 425 g/mol. The number of nitrogens with zero attached hydrogens (tertiary/aromatic N) is 2. The molecule has 4 rings (SSSR count). The van der Waals surface area contributed by atoms with Gasteiger partial charge in [0.15, 0.2) is 0 Å². The Morgan fingerprint density at radius 2 is 2.00 bits per heavy atom. The Bertz CT molecular complexity index is 1230. The molecule has 2 aromatic heterocycles. The second-order valence-electron chi connectivity index (χ2n) is 6.47. The van der Waals surface area contributed by atoms with Crippen molar-refractivity contribution in [3.8, 4) is 16.4 Å². The fourth-order valence-electron chi connectivity index (χ4n) is 2.96. The Balaban J connectivity index is 1.56. The van der Waals surface area contributed by atoms with Crippen molar-refractivity contribution in [2.24, 2.45) is 0 Å². The molecule has 8 heteroatoms. The SMILES string of the molecule is Cc1[nH]n(-c2nc(-c3ccccc3)cs2)c(=O)c1CC(=O)Nc1cccc(Cl)c1. The lowest BCUT2D eigenvalue weighted by Gasteiger charge is -2.04. The minimum atomic E-state index is -0.289. The van der Waals surface area contributed by atoms with E-state index in [0.29, 0.717) is 27.1 Å². The third kappa shape index (κ3) is 4.16. The number of aromatic nitrogens is 3.